The molecular weight excluding hydrogens is 344 g/mol. The molecule has 1 atom stereocenters. The first kappa shape index (κ1) is 19.5. The Morgan fingerprint density at radius 1 is 1.15 bits per heavy atom. The van der Waals surface area contributed by atoms with Gasteiger partial charge in [0.15, 0.2) is 0 Å². The minimum Gasteiger partial charge on any atom is -0.497 e. The molecule has 27 heavy (non-hydrogen) atoms. The van der Waals surface area contributed by atoms with E-state index in [1.165, 1.54) is 0 Å². The summed E-state index contributed by atoms with van der Waals surface area (Å²) in [5.41, 5.74) is 0. The lowest BCUT2D eigenvalue weighted by atomic mass is 9.99. The fourth-order valence-corrected chi connectivity index (χ4v) is 3.80. The molecule has 6 heteroatoms. The van der Waals surface area contributed by atoms with Crippen molar-refractivity contribution in [2.45, 2.75) is 38.5 Å². The van der Waals surface area contributed by atoms with E-state index in [-0.39, 0.29) is 18.4 Å². The van der Waals surface area contributed by atoms with Crippen LogP contribution in [0.1, 0.15) is 38.5 Å². The van der Waals surface area contributed by atoms with Crippen molar-refractivity contribution in [3.63, 3.8) is 0 Å². The second-order valence-corrected chi connectivity index (χ2v) is 7.46. The summed E-state index contributed by atoms with van der Waals surface area (Å²) in [7, 11) is 1.64. The van der Waals surface area contributed by atoms with E-state index < -0.39 is 0 Å². The Bertz CT molecular complexity index is 649. The van der Waals surface area contributed by atoms with Crippen LogP contribution in [0.4, 0.5) is 0 Å². The van der Waals surface area contributed by atoms with Crippen molar-refractivity contribution < 1.29 is 19.1 Å². The molecule has 2 aliphatic heterocycles. The third-order valence-electron chi connectivity index (χ3n) is 5.40. The number of benzene rings is 1. The number of piperidine rings is 1. The highest BCUT2D eigenvalue weighted by atomic mass is 16.5. The van der Waals surface area contributed by atoms with Crippen molar-refractivity contribution in [3.8, 4) is 11.5 Å². The second kappa shape index (κ2) is 9.62. The van der Waals surface area contributed by atoms with E-state index in [1.807, 2.05) is 29.2 Å². The van der Waals surface area contributed by atoms with Gasteiger partial charge < -0.3 is 19.3 Å². The Balaban J connectivity index is 1.49. The van der Waals surface area contributed by atoms with Gasteiger partial charge in [-0.25, -0.2) is 0 Å². The Kier molecular flexibility index (Phi) is 6.96. The van der Waals surface area contributed by atoms with Gasteiger partial charge in [0.05, 0.1) is 20.3 Å². The quantitative estimate of drug-likeness (QED) is 0.768. The Labute approximate surface area is 161 Å². The summed E-state index contributed by atoms with van der Waals surface area (Å²) < 4.78 is 11.1. The number of amides is 2. The maximum atomic E-state index is 12.7. The largest absolute Gasteiger partial charge is 0.497 e. The Hall–Kier alpha value is -2.24. The number of hydrogen-bond acceptors (Lipinski definition) is 4. The first-order chi connectivity index (χ1) is 13.2. The summed E-state index contributed by atoms with van der Waals surface area (Å²) in [6.45, 7) is 2.99. The first-order valence-electron chi connectivity index (χ1n) is 9.98. The molecule has 3 rings (SSSR count). The van der Waals surface area contributed by atoms with Gasteiger partial charge in [0.1, 0.15) is 11.5 Å². The van der Waals surface area contributed by atoms with E-state index in [2.05, 4.69) is 0 Å². The smallest absolute Gasteiger partial charge is 0.242 e. The first-order valence-corrected chi connectivity index (χ1v) is 9.98. The number of carbonyl (C=O) groups is 2. The van der Waals surface area contributed by atoms with E-state index in [0.29, 0.717) is 32.0 Å². The van der Waals surface area contributed by atoms with Crippen LogP contribution < -0.4 is 9.47 Å². The van der Waals surface area contributed by atoms with Crippen LogP contribution in [-0.4, -0.2) is 61.5 Å². The molecule has 1 aromatic rings. The van der Waals surface area contributed by atoms with Crippen LogP contribution in [0.2, 0.25) is 0 Å². The number of methoxy groups -OCH3 is 1. The molecule has 2 heterocycles. The maximum absolute atomic E-state index is 12.7. The fraction of sp³-hybridized carbons (Fsp3) is 0.619. The van der Waals surface area contributed by atoms with Crippen LogP contribution in [0.5, 0.6) is 11.5 Å². The SMILES string of the molecule is COc1cccc(OC[C@@H]2CCCN(C(=O)CN3CCCCCC3=O)C2)c1. The van der Waals surface area contributed by atoms with Crippen LogP contribution >= 0.6 is 0 Å². The topological polar surface area (TPSA) is 59.1 Å². The lowest BCUT2D eigenvalue weighted by molar-refractivity contribution is -0.141. The van der Waals surface area contributed by atoms with E-state index in [9.17, 15) is 9.59 Å². The molecule has 0 radical (unpaired) electrons. The third-order valence-corrected chi connectivity index (χ3v) is 5.40. The normalized spacial score (nSPS) is 20.9. The Morgan fingerprint density at radius 3 is 2.85 bits per heavy atom. The predicted octanol–water partition coefficient (Wildman–Crippen LogP) is 2.72. The van der Waals surface area contributed by atoms with Gasteiger partial charge in [0.2, 0.25) is 11.8 Å². The molecule has 2 amide bonds. The highest BCUT2D eigenvalue weighted by Crippen LogP contribution is 2.22. The lowest BCUT2D eigenvalue weighted by Crippen LogP contribution is -2.47. The summed E-state index contributed by atoms with van der Waals surface area (Å²) in [6.07, 6.45) is 5.61. The van der Waals surface area contributed by atoms with Crippen molar-refractivity contribution in [1.82, 2.24) is 9.80 Å². The highest BCUT2D eigenvalue weighted by Gasteiger charge is 2.27. The minimum absolute atomic E-state index is 0.0660. The highest BCUT2D eigenvalue weighted by molar-refractivity contribution is 5.85. The van der Waals surface area contributed by atoms with Gasteiger partial charge in [-0.3, -0.25) is 9.59 Å². The van der Waals surface area contributed by atoms with E-state index in [4.69, 9.17) is 9.47 Å². The summed E-state index contributed by atoms with van der Waals surface area (Å²) in [5, 5.41) is 0. The third kappa shape index (κ3) is 5.62. The summed E-state index contributed by atoms with van der Waals surface area (Å²) in [4.78, 5) is 28.5. The van der Waals surface area contributed by atoms with Crippen LogP contribution in [0.15, 0.2) is 24.3 Å². The number of hydrogen-bond donors (Lipinski definition) is 0. The van der Waals surface area contributed by atoms with Gasteiger partial charge in [-0.15, -0.1) is 0 Å². The zero-order valence-corrected chi connectivity index (χ0v) is 16.2. The molecule has 0 N–H and O–H groups in total. The molecule has 0 aromatic heterocycles. The fourth-order valence-electron chi connectivity index (χ4n) is 3.80. The molecule has 0 spiro atoms. The van der Waals surface area contributed by atoms with Gasteiger partial charge in [0, 0.05) is 38.0 Å². The van der Waals surface area contributed by atoms with E-state index in [0.717, 1.165) is 50.1 Å². The molecule has 6 nitrogen and oxygen atoms in total. The van der Waals surface area contributed by atoms with E-state index >= 15 is 0 Å². The van der Waals surface area contributed by atoms with Crippen molar-refractivity contribution in [2.24, 2.45) is 5.92 Å². The van der Waals surface area contributed by atoms with Crippen LogP contribution in [0.25, 0.3) is 0 Å². The van der Waals surface area contributed by atoms with Gasteiger partial charge in [-0.2, -0.15) is 0 Å². The van der Waals surface area contributed by atoms with Crippen LogP contribution in [0.3, 0.4) is 0 Å². The van der Waals surface area contributed by atoms with Crippen LogP contribution in [0, 0.1) is 5.92 Å². The minimum atomic E-state index is 0.0660. The van der Waals surface area contributed by atoms with Crippen molar-refractivity contribution in [3.05, 3.63) is 24.3 Å². The molecule has 2 saturated heterocycles. The standard InChI is InChI=1S/C21H30N2O4/c1-26-18-8-5-9-19(13-18)27-16-17-7-6-12-22(14-17)21(25)15-23-11-4-2-3-10-20(23)24/h5,8-9,13,17H,2-4,6-7,10-12,14-16H2,1H3/t17-/m1/s1. The van der Waals surface area contributed by atoms with Gasteiger partial charge in [-0.05, 0) is 37.8 Å². The number of nitrogens with zero attached hydrogens (tertiary/aromatic N) is 2. The number of carbonyl (C=O) groups excluding carboxylic acids is 2. The van der Waals surface area contributed by atoms with E-state index in [1.54, 1.807) is 12.0 Å². The second-order valence-electron chi connectivity index (χ2n) is 7.46. The molecule has 1 aromatic carbocycles. The lowest BCUT2D eigenvalue weighted by Gasteiger charge is -2.34. The molecule has 2 aliphatic rings. The molecule has 0 bridgehead atoms. The average molecular weight is 374 g/mol. The zero-order valence-electron chi connectivity index (χ0n) is 16.2. The van der Waals surface area contributed by atoms with Crippen molar-refractivity contribution in [1.29, 1.82) is 0 Å². The van der Waals surface area contributed by atoms with Crippen molar-refractivity contribution >= 4 is 11.8 Å². The maximum Gasteiger partial charge on any atom is 0.242 e. The van der Waals surface area contributed by atoms with Crippen LogP contribution in [-0.2, 0) is 9.59 Å². The number of likely N-dealkylation sites (tertiary alicyclic amines) is 2. The summed E-state index contributed by atoms with van der Waals surface area (Å²) in [5.74, 6) is 2.06. The van der Waals surface area contributed by atoms with Gasteiger partial charge in [0.25, 0.3) is 0 Å². The molecule has 0 saturated carbocycles. The molecule has 0 unspecified atom stereocenters. The molecule has 2 fully saturated rings. The summed E-state index contributed by atoms with van der Waals surface area (Å²) >= 11 is 0. The Morgan fingerprint density at radius 2 is 2.00 bits per heavy atom. The number of rotatable bonds is 6. The average Bonchev–Trinajstić information content (AvgIpc) is 2.91. The summed E-state index contributed by atoms with van der Waals surface area (Å²) in [6, 6.07) is 7.58. The van der Waals surface area contributed by atoms with Crippen molar-refractivity contribution in [2.75, 3.05) is 39.9 Å². The molecule has 0 aliphatic carbocycles. The van der Waals surface area contributed by atoms with Gasteiger partial charge >= 0.3 is 0 Å². The van der Waals surface area contributed by atoms with Gasteiger partial charge in [-0.1, -0.05) is 12.5 Å². The molecular formula is C21H30N2O4. The zero-order chi connectivity index (χ0) is 19.1. The number of ether oxygens (including phenoxy) is 2. The molecule has 148 valence electrons. The predicted molar refractivity (Wildman–Crippen MR) is 103 cm³/mol. The monoisotopic (exact) mass is 374 g/mol.